The third-order valence-corrected chi connectivity index (χ3v) is 15.5. The van der Waals surface area contributed by atoms with E-state index in [1.54, 1.807) is 14.2 Å². The van der Waals surface area contributed by atoms with Gasteiger partial charge in [-0.05, 0) is 210 Å². The van der Waals surface area contributed by atoms with Crippen LogP contribution in [0.15, 0.2) is 121 Å². The Balaban J connectivity index is 1.26. The monoisotopic (exact) mass is 850 g/mol. The van der Waals surface area contributed by atoms with Crippen LogP contribution < -0.4 is 51.7 Å². The summed E-state index contributed by atoms with van der Waals surface area (Å²) in [6.07, 6.45) is 0. The second-order valence-electron chi connectivity index (χ2n) is 19.3. The lowest BCUT2D eigenvalue weighted by Gasteiger charge is -2.38. The molecule has 14 rings (SSSR count). The first-order valence-electron chi connectivity index (χ1n) is 23.1. The highest BCUT2D eigenvalue weighted by Gasteiger charge is 2.44. The number of rotatable bonds is 4. The summed E-state index contributed by atoms with van der Waals surface area (Å²) in [6.45, 7) is 13.3. The van der Waals surface area contributed by atoms with Crippen LogP contribution in [0.25, 0.3) is 76.8 Å². The van der Waals surface area contributed by atoms with Gasteiger partial charge in [0.05, 0.1) is 14.2 Å². The second-order valence-corrected chi connectivity index (χ2v) is 19.3. The SMILES string of the molecule is COc1ccc2c(c1)Oc1cc(OC)cc3c1B2c1cc2c(-c4c(C)cccc4C)cc4c5c(cc6c(-c7c(C)cccc7C)cc-3c1c6c25)B1c2ccc(C)cc2Oc2cc(C)cc-4c21. The molecule has 0 fully saturated rings. The molecule has 0 saturated carbocycles. The van der Waals surface area contributed by atoms with Gasteiger partial charge in [0.2, 0.25) is 0 Å². The van der Waals surface area contributed by atoms with Gasteiger partial charge in [-0.15, -0.1) is 0 Å². The number of ether oxygens (including phenoxy) is 4. The summed E-state index contributed by atoms with van der Waals surface area (Å²) in [6, 6.07) is 45.8. The van der Waals surface area contributed by atoms with Gasteiger partial charge >= 0.3 is 0 Å². The minimum Gasteiger partial charge on any atom is -0.497 e. The molecule has 0 radical (unpaired) electrons. The largest absolute Gasteiger partial charge is 0.497 e. The highest BCUT2D eigenvalue weighted by Crippen LogP contribution is 2.52. The fourth-order valence-corrected chi connectivity index (χ4v) is 12.9. The van der Waals surface area contributed by atoms with Crippen molar-refractivity contribution in [2.24, 2.45) is 0 Å². The Bertz CT molecular complexity index is 3840. The number of hydrogen-bond acceptors (Lipinski definition) is 4. The normalized spacial score (nSPS) is 13.3. The van der Waals surface area contributed by atoms with Crippen molar-refractivity contribution < 1.29 is 18.9 Å². The van der Waals surface area contributed by atoms with E-state index in [0.717, 1.165) is 45.5 Å². The van der Waals surface area contributed by atoms with E-state index in [4.69, 9.17) is 18.9 Å². The third kappa shape index (κ3) is 4.81. The van der Waals surface area contributed by atoms with Gasteiger partial charge in [0.1, 0.15) is 34.5 Å². The lowest BCUT2D eigenvalue weighted by molar-refractivity contribution is 0.405. The summed E-state index contributed by atoms with van der Waals surface area (Å²) in [5.41, 5.74) is 24.8. The molecule has 0 unspecified atom stereocenters. The minimum absolute atomic E-state index is 0.0205. The predicted molar refractivity (Wildman–Crippen MR) is 276 cm³/mol. The first-order valence-corrected chi connectivity index (χ1v) is 23.1. The van der Waals surface area contributed by atoms with E-state index in [9.17, 15) is 0 Å². The molecule has 314 valence electrons. The summed E-state index contributed by atoms with van der Waals surface area (Å²) in [4.78, 5) is 0. The maximum Gasteiger partial charge on any atom is 0.252 e. The standard InChI is InChI=1S/C60H44B2O4/c1-29-15-17-45-49(20-29)65-51-21-30(2)19-43-39-25-37(53-31(3)11-9-12-32(53)4)41-28-48-56-40(44-22-36(64-8)24-52-60(44)62(48)46-18-16-35(63-7)23-50(46)66-52)26-38(54-33(5)13-10-14-34(54)6)42-27-47(61(45)59(43)51)55(39)57(41)58(42)56/h9-28H,1-8H3. The van der Waals surface area contributed by atoms with Crippen LogP contribution in [0.5, 0.6) is 34.5 Å². The van der Waals surface area contributed by atoms with Crippen LogP contribution in [0, 0.1) is 41.5 Å². The number of aryl methyl sites for hydroxylation is 6. The van der Waals surface area contributed by atoms with Crippen LogP contribution in [0.3, 0.4) is 0 Å². The molecule has 66 heavy (non-hydrogen) atoms. The molecule has 0 aromatic heterocycles. The molecular formula is C60H44B2O4. The van der Waals surface area contributed by atoms with Gasteiger partial charge in [-0.25, -0.2) is 0 Å². The van der Waals surface area contributed by atoms with Crippen LogP contribution in [0.4, 0.5) is 0 Å². The molecule has 0 spiro atoms. The molecule has 0 N–H and O–H groups in total. The van der Waals surface area contributed by atoms with Crippen molar-refractivity contribution in [3.63, 3.8) is 0 Å². The van der Waals surface area contributed by atoms with Gasteiger partial charge in [0, 0.05) is 12.1 Å². The van der Waals surface area contributed by atoms with Gasteiger partial charge in [0.15, 0.2) is 0 Å². The highest BCUT2D eigenvalue weighted by molar-refractivity contribution is 7.01. The molecule has 0 amide bonds. The second kappa shape index (κ2) is 13.1. The summed E-state index contributed by atoms with van der Waals surface area (Å²) >= 11 is 0. The zero-order chi connectivity index (χ0) is 44.6. The first kappa shape index (κ1) is 37.9. The van der Waals surface area contributed by atoms with Gasteiger partial charge in [-0.2, -0.15) is 0 Å². The van der Waals surface area contributed by atoms with Gasteiger partial charge in [-0.1, -0.05) is 83.7 Å². The molecule has 0 bridgehead atoms. The number of fused-ring (bicyclic) bond motifs is 8. The van der Waals surface area contributed by atoms with Crippen molar-refractivity contribution in [2.75, 3.05) is 14.2 Å². The number of methoxy groups -OCH3 is 2. The van der Waals surface area contributed by atoms with E-state index >= 15 is 0 Å². The average Bonchev–Trinajstić information content (AvgIpc) is 3.30. The zero-order valence-corrected chi connectivity index (χ0v) is 38.3. The Morgan fingerprint density at radius 3 is 1.38 bits per heavy atom. The maximum absolute atomic E-state index is 6.96. The van der Waals surface area contributed by atoms with Crippen molar-refractivity contribution in [1.82, 2.24) is 0 Å². The Morgan fingerprint density at radius 2 is 0.833 bits per heavy atom. The van der Waals surface area contributed by atoms with Crippen molar-refractivity contribution >= 4 is 78.5 Å². The molecule has 4 nitrogen and oxygen atoms in total. The summed E-state index contributed by atoms with van der Waals surface area (Å²) in [7, 11) is 3.47. The Kier molecular flexibility index (Phi) is 7.52. The molecule has 10 aromatic carbocycles. The summed E-state index contributed by atoms with van der Waals surface area (Å²) in [5, 5.41) is 7.82. The molecule has 4 aliphatic heterocycles. The molecule has 0 aliphatic carbocycles. The van der Waals surface area contributed by atoms with Gasteiger partial charge in [0.25, 0.3) is 13.4 Å². The smallest absolute Gasteiger partial charge is 0.252 e. The van der Waals surface area contributed by atoms with E-state index in [2.05, 4.69) is 157 Å². The minimum atomic E-state index is -0.102. The van der Waals surface area contributed by atoms with Crippen molar-refractivity contribution in [1.29, 1.82) is 0 Å². The molecule has 6 heteroatoms. The van der Waals surface area contributed by atoms with Crippen molar-refractivity contribution in [3.8, 4) is 79.0 Å². The van der Waals surface area contributed by atoms with Crippen LogP contribution in [-0.4, -0.2) is 27.6 Å². The van der Waals surface area contributed by atoms with E-state index in [1.165, 1.54) is 132 Å². The van der Waals surface area contributed by atoms with Crippen molar-refractivity contribution in [2.45, 2.75) is 41.5 Å². The molecule has 0 saturated heterocycles. The maximum atomic E-state index is 6.96. The van der Waals surface area contributed by atoms with E-state index in [-0.39, 0.29) is 13.4 Å². The third-order valence-electron chi connectivity index (χ3n) is 15.5. The fourth-order valence-electron chi connectivity index (χ4n) is 12.9. The quantitative estimate of drug-likeness (QED) is 0.131. The number of benzene rings is 10. The lowest BCUT2D eigenvalue weighted by atomic mass is 9.31. The van der Waals surface area contributed by atoms with Gasteiger partial charge in [-0.3, -0.25) is 0 Å². The Morgan fingerprint density at radius 1 is 0.364 bits per heavy atom. The van der Waals surface area contributed by atoms with Crippen LogP contribution >= 0.6 is 0 Å². The zero-order valence-electron chi connectivity index (χ0n) is 38.3. The van der Waals surface area contributed by atoms with E-state index < -0.39 is 0 Å². The lowest BCUT2D eigenvalue weighted by Crippen LogP contribution is -2.58. The van der Waals surface area contributed by atoms with E-state index in [0.29, 0.717) is 0 Å². The molecule has 10 aromatic rings. The Hall–Kier alpha value is -7.43. The van der Waals surface area contributed by atoms with Crippen LogP contribution in [-0.2, 0) is 0 Å². The van der Waals surface area contributed by atoms with E-state index in [1.807, 2.05) is 6.07 Å². The molecule has 0 atom stereocenters. The van der Waals surface area contributed by atoms with Gasteiger partial charge < -0.3 is 18.9 Å². The first-order chi connectivity index (χ1) is 32.1. The summed E-state index contributed by atoms with van der Waals surface area (Å²) < 4.78 is 25.8. The topological polar surface area (TPSA) is 36.9 Å². The fraction of sp³-hybridized carbons (Fsp3) is 0.133. The molecule has 4 aliphatic rings. The van der Waals surface area contributed by atoms with Crippen molar-refractivity contribution in [3.05, 3.63) is 155 Å². The van der Waals surface area contributed by atoms with Crippen LogP contribution in [0.2, 0.25) is 0 Å². The van der Waals surface area contributed by atoms with Crippen LogP contribution in [0.1, 0.15) is 33.4 Å². The highest BCUT2D eigenvalue weighted by atomic mass is 16.5. The summed E-state index contributed by atoms with van der Waals surface area (Å²) in [5.74, 6) is 5.05. The average molecular weight is 851 g/mol. The number of hydrogen-bond donors (Lipinski definition) is 0. The Labute approximate surface area is 385 Å². The predicted octanol–water partition coefficient (Wildman–Crippen LogP) is 11.0. The molecular weight excluding hydrogens is 806 g/mol. The molecule has 4 heterocycles.